The van der Waals surface area contributed by atoms with Gasteiger partial charge in [-0.05, 0) is 24.3 Å². The predicted octanol–water partition coefficient (Wildman–Crippen LogP) is 2.17. The minimum atomic E-state index is -0.964. The zero-order valence-corrected chi connectivity index (χ0v) is 9.64. The van der Waals surface area contributed by atoms with Crippen LogP contribution in [0.3, 0.4) is 0 Å². The van der Waals surface area contributed by atoms with Crippen molar-refractivity contribution >= 4 is 5.97 Å². The van der Waals surface area contributed by atoms with Crippen LogP contribution in [-0.4, -0.2) is 29.4 Å². The smallest absolute Gasteiger partial charge is 0.335 e. The van der Waals surface area contributed by atoms with Gasteiger partial charge in [0.15, 0.2) is 0 Å². The van der Waals surface area contributed by atoms with Crippen molar-refractivity contribution in [2.75, 3.05) is 13.2 Å². The first-order chi connectivity index (χ1) is 7.65. The van der Waals surface area contributed by atoms with Crippen LogP contribution in [0.5, 0.6) is 5.75 Å². The lowest BCUT2D eigenvalue weighted by Crippen LogP contribution is -2.02. The Kier molecular flexibility index (Phi) is 7.89. The van der Waals surface area contributed by atoms with E-state index in [0.29, 0.717) is 5.75 Å². The second kappa shape index (κ2) is 8.73. The molecule has 4 nitrogen and oxygen atoms in total. The van der Waals surface area contributed by atoms with E-state index in [4.69, 9.17) is 14.9 Å². The summed E-state index contributed by atoms with van der Waals surface area (Å²) in [5.74, 6) is -0.409. The van der Waals surface area contributed by atoms with Gasteiger partial charge in [0, 0.05) is 0 Å². The number of benzene rings is 1. The van der Waals surface area contributed by atoms with Gasteiger partial charge in [-0.15, -0.1) is 0 Å². The molecule has 0 aliphatic heterocycles. The van der Waals surface area contributed by atoms with E-state index in [0.717, 1.165) is 0 Å². The molecule has 0 saturated carbocycles. The van der Waals surface area contributed by atoms with Crippen LogP contribution in [-0.2, 0) is 0 Å². The number of aromatic carboxylic acids is 1. The largest absolute Gasteiger partial charge is 0.491 e. The Bertz CT molecular complexity index is 292. The van der Waals surface area contributed by atoms with Crippen LogP contribution < -0.4 is 4.74 Å². The summed E-state index contributed by atoms with van der Waals surface area (Å²) in [4.78, 5) is 10.4. The Balaban J connectivity index is 0.000000673. The molecule has 16 heavy (non-hydrogen) atoms. The average Bonchev–Trinajstić information content (AvgIpc) is 2.28. The van der Waals surface area contributed by atoms with E-state index in [1.165, 1.54) is 18.6 Å². The quantitative estimate of drug-likeness (QED) is 0.825. The number of carboxylic acid groups (broad SMARTS) is 1. The average molecular weight is 226 g/mol. The second-order valence-corrected chi connectivity index (χ2v) is 3.11. The van der Waals surface area contributed by atoms with Crippen LogP contribution in [0.4, 0.5) is 0 Å². The highest BCUT2D eigenvalue weighted by Crippen LogP contribution is 2.11. The summed E-state index contributed by atoms with van der Waals surface area (Å²) in [5, 5.41) is 17.0. The molecule has 0 aliphatic rings. The Morgan fingerprint density at radius 2 is 1.75 bits per heavy atom. The Labute approximate surface area is 95.5 Å². The molecule has 1 aromatic rings. The molecule has 0 radical (unpaired) electrons. The summed E-state index contributed by atoms with van der Waals surface area (Å²) >= 11 is 0. The van der Waals surface area contributed by atoms with Crippen LogP contribution in [0.1, 0.15) is 30.6 Å². The van der Waals surface area contributed by atoms with Crippen LogP contribution in [0.2, 0.25) is 0 Å². The van der Waals surface area contributed by atoms with E-state index in [2.05, 4.69) is 13.8 Å². The third-order valence-electron chi connectivity index (χ3n) is 1.46. The third kappa shape index (κ3) is 6.03. The van der Waals surface area contributed by atoms with Crippen LogP contribution in [0.25, 0.3) is 0 Å². The molecule has 4 heteroatoms. The lowest BCUT2D eigenvalue weighted by atomic mass is 10.2. The maximum atomic E-state index is 10.4. The minimum absolute atomic E-state index is 0.0549. The van der Waals surface area contributed by atoms with Crippen molar-refractivity contribution in [2.45, 2.75) is 20.3 Å². The summed E-state index contributed by atoms with van der Waals surface area (Å²) in [6, 6.07) is 6.02. The Morgan fingerprint density at radius 3 is 2.12 bits per heavy atom. The molecule has 1 rings (SSSR count). The van der Waals surface area contributed by atoms with Gasteiger partial charge in [0.2, 0.25) is 0 Å². The first kappa shape index (κ1) is 14.5. The zero-order chi connectivity index (χ0) is 12.4. The van der Waals surface area contributed by atoms with Gasteiger partial charge in [-0.25, -0.2) is 4.79 Å². The van der Waals surface area contributed by atoms with Gasteiger partial charge in [-0.1, -0.05) is 20.3 Å². The monoisotopic (exact) mass is 226 g/mol. The Hall–Kier alpha value is -1.55. The van der Waals surface area contributed by atoms with Gasteiger partial charge >= 0.3 is 5.97 Å². The van der Waals surface area contributed by atoms with Gasteiger partial charge in [0.05, 0.1) is 12.2 Å². The Morgan fingerprint density at radius 1 is 1.25 bits per heavy atom. The summed E-state index contributed by atoms with van der Waals surface area (Å²) in [5.41, 5.74) is 0.219. The van der Waals surface area contributed by atoms with Gasteiger partial charge in [0.25, 0.3) is 0 Å². The van der Waals surface area contributed by atoms with Gasteiger partial charge < -0.3 is 14.9 Å². The highest BCUT2D eigenvalue weighted by Gasteiger charge is 2.01. The summed E-state index contributed by atoms with van der Waals surface area (Å²) in [7, 11) is 0. The SMILES string of the molecule is CCC.O=C(O)c1ccc(OCCO)cc1. The molecule has 0 amide bonds. The molecule has 0 unspecified atom stereocenters. The van der Waals surface area contributed by atoms with Crippen LogP contribution in [0, 0.1) is 0 Å². The van der Waals surface area contributed by atoms with Gasteiger partial charge in [-0.2, -0.15) is 0 Å². The third-order valence-corrected chi connectivity index (χ3v) is 1.46. The van der Waals surface area contributed by atoms with Crippen LogP contribution in [0.15, 0.2) is 24.3 Å². The molecule has 0 fully saturated rings. The molecular formula is C12H18O4. The van der Waals surface area contributed by atoms with E-state index < -0.39 is 5.97 Å². The van der Waals surface area contributed by atoms with E-state index >= 15 is 0 Å². The molecule has 0 spiro atoms. The number of rotatable bonds is 4. The number of hydrogen-bond acceptors (Lipinski definition) is 3. The normalized spacial score (nSPS) is 8.94. The van der Waals surface area contributed by atoms with Crippen molar-refractivity contribution < 1.29 is 19.7 Å². The first-order valence-electron chi connectivity index (χ1n) is 5.22. The topological polar surface area (TPSA) is 66.8 Å². The van der Waals surface area contributed by atoms with Crippen molar-refractivity contribution in [3.63, 3.8) is 0 Å². The van der Waals surface area contributed by atoms with Gasteiger partial charge in [0.1, 0.15) is 12.4 Å². The summed E-state index contributed by atoms with van der Waals surface area (Å²) < 4.78 is 5.05. The predicted molar refractivity (Wildman–Crippen MR) is 61.9 cm³/mol. The van der Waals surface area contributed by atoms with E-state index in [1.807, 2.05) is 0 Å². The highest BCUT2D eigenvalue weighted by molar-refractivity contribution is 5.87. The fraction of sp³-hybridized carbons (Fsp3) is 0.417. The fourth-order valence-corrected chi connectivity index (χ4v) is 0.857. The maximum absolute atomic E-state index is 10.4. The molecule has 0 saturated heterocycles. The summed E-state index contributed by atoms with van der Waals surface area (Å²) in [6.07, 6.45) is 1.25. The van der Waals surface area contributed by atoms with Crippen molar-refractivity contribution in [3.05, 3.63) is 29.8 Å². The number of ether oxygens (including phenoxy) is 1. The number of carboxylic acids is 1. The molecule has 0 aliphatic carbocycles. The molecule has 0 bridgehead atoms. The number of hydrogen-bond donors (Lipinski definition) is 2. The summed E-state index contributed by atoms with van der Waals surface area (Å²) in [6.45, 7) is 4.41. The van der Waals surface area contributed by atoms with Crippen molar-refractivity contribution in [2.24, 2.45) is 0 Å². The number of aliphatic hydroxyl groups excluding tert-OH is 1. The van der Waals surface area contributed by atoms with E-state index in [9.17, 15) is 4.79 Å². The van der Waals surface area contributed by atoms with Crippen molar-refractivity contribution in [1.29, 1.82) is 0 Å². The van der Waals surface area contributed by atoms with Crippen molar-refractivity contribution in [3.8, 4) is 5.75 Å². The molecule has 0 heterocycles. The molecule has 90 valence electrons. The molecule has 1 aromatic carbocycles. The van der Waals surface area contributed by atoms with E-state index in [-0.39, 0.29) is 18.8 Å². The number of carbonyl (C=O) groups is 1. The fourth-order valence-electron chi connectivity index (χ4n) is 0.857. The molecular weight excluding hydrogens is 208 g/mol. The maximum Gasteiger partial charge on any atom is 0.335 e. The zero-order valence-electron chi connectivity index (χ0n) is 9.64. The highest BCUT2D eigenvalue weighted by atomic mass is 16.5. The lowest BCUT2D eigenvalue weighted by molar-refractivity contribution is 0.0697. The standard InChI is InChI=1S/C9H10O4.C3H8/c10-5-6-13-8-3-1-7(2-4-8)9(11)12;1-3-2/h1-4,10H,5-6H2,(H,11,12);3H2,1-2H3. The molecule has 0 aromatic heterocycles. The molecule has 2 N–H and O–H groups in total. The van der Waals surface area contributed by atoms with Crippen LogP contribution >= 0.6 is 0 Å². The van der Waals surface area contributed by atoms with E-state index in [1.54, 1.807) is 12.1 Å². The number of aliphatic hydroxyl groups is 1. The lowest BCUT2D eigenvalue weighted by Gasteiger charge is -2.03. The van der Waals surface area contributed by atoms with Crippen molar-refractivity contribution in [1.82, 2.24) is 0 Å². The molecule has 0 atom stereocenters. The second-order valence-electron chi connectivity index (χ2n) is 3.11. The van der Waals surface area contributed by atoms with Gasteiger partial charge in [-0.3, -0.25) is 0 Å². The first-order valence-corrected chi connectivity index (χ1v) is 5.22. The minimum Gasteiger partial charge on any atom is -0.491 e.